The lowest BCUT2D eigenvalue weighted by molar-refractivity contribution is 0.303. The predicted octanol–water partition coefficient (Wildman–Crippen LogP) is 4.79. The van der Waals surface area contributed by atoms with E-state index < -0.39 is 0 Å². The maximum Gasteiger partial charge on any atom is 0.225 e. The zero-order chi connectivity index (χ0) is 17.8. The van der Waals surface area contributed by atoms with Crippen LogP contribution in [0.15, 0.2) is 42.9 Å². The molecule has 1 atom stereocenters. The maximum absolute atomic E-state index is 9.44. The summed E-state index contributed by atoms with van der Waals surface area (Å²) in [4.78, 5) is 10.9. The summed E-state index contributed by atoms with van der Waals surface area (Å²) in [5, 5.41) is 10.6. The molecule has 2 heterocycles. The number of aliphatic hydroxyl groups excluding tert-OH is 1. The van der Waals surface area contributed by atoms with Crippen LogP contribution in [0.25, 0.3) is 0 Å². The number of aliphatic hydroxyl groups is 1. The van der Waals surface area contributed by atoms with Crippen molar-refractivity contribution in [2.45, 2.75) is 31.9 Å². The Morgan fingerprint density at radius 2 is 2.08 bits per heavy atom. The number of ether oxygens (including phenoxy) is 1. The first-order valence-electron chi connectivity index (χ1n) is 8.05. The van der Waals surface area contributed by atoms with E-state index in [1.54, 1.807) is 24.5 Å². The lowest BCUT2D eigenvalue weighted by Crippen LogP contribution is -2.31. The lowest BCUT2D eigenvalue weighted by Gasteiger charge is -2.24. The number of halogens is 2. The van der Waals surface area contributed by atoms with Gasteiger partial charge in [0.1, 0.15) is 6.61 Å². The third kappa shape index (κ3) is 4.55. The highest BCUT2D eigenvalue weighted by Crippen LogP contribution is 2.27. The van der Waals surface area contributed by atoms with Gasteiger partial charge in [-0.05, 0) is 25.0 Å². The van der Waals surface area contributed by atoms with Crippen molar-refractivity contribution in [2.24, 2.45) is 0 Å². The first-order valence-corrected chi connectivity index (χ1v) is 8.80. The second-order valence-corrected chi connectivity index (χ2v) is 6.85. The molecule has 1 aliphatic rings. The van der Waals surface area contributed by atoms with Gasteiger partial charge in [0.05, 0.1) is 18.2 Å². The molecule has 1 unspecified atom stereocenters. The number of rotatable bonds is 6. The molecular weight excluding hydrogens is 361 g/mol. The minimum Gasteiger partial charge on any atom is -0.513 e. The zero-order valence-corrected chi connectivity index (χ0v) is 15.2. The molecule has 1 N–H and O–H groups in total. The number of nitrogens with zero attached hydrogens (tertiary/aromatic N) is 3. The van der Waals surface area contributed by atoms with Crippen molar-refractivity contribution in [2.75, 3.05) is 11.4 Å². The molecule has 2 aromatic rings. The van der Waals surface area contributed by atoms with Gasteiger partial charge in [0.25, 0.3) is 0 Å². The molecule has 0 bridgehead atoms. The van der Waals surface area contributed by atoms with Gasteiger partial charge in [-0.1, -0.05) is 35.8 Å². The van der Waals surface area contributed by atoms with Crippen molar-refractivity contribution >= 4 is 29.2 Å². The van der Waals surface area contributed by atoms with Crippen molar-refractivity contribution in [3.63, 3.8) is 0 Å². The Labute approximate surface area is 156 Å². The van der Waals surface area contributed by atoms with Crippen LogP contribution in [0, 0.1) is 0 Å². The van der Waals surface area contributed by atoms with E-state index in [0.29, 0.717) is 34.8 Å². The van der Waals surface area contributed by atoms with Crippen molar-refractivity contribution < 1.29 is 9.84 Å². The number of hydrogen-bond donors (Lipinski definition) is 1. The lowest BCUT2D eigenvalue weighted by atomic mass is 10.1. The van der Waals surface area contributed by atoms with Crippen LogP contribution in [0.2, 0.25) is 10.0 Å². The summed E-state index contributed by atoms with van der Waals surface area (Å²) in [7, 11) is 0. The van der Waals surface area contributed by atoms with E-state index in [0.717, 1.165) is 24.9 Å². The molecule has 0 saturated carbocycles. The van der Waals surface area contributed by atoms with Crippen LogP contribution in [0.4, 0.5) is 5.95 Å². The molecule has 1 aromatic carbocycles. The highest BCUT2D eigenvalue weighted by Gasteiger charge is 2.27. The molecule has 132 valence electrons. The summed E-state index contributed by atoms with van der Waals surface area (Å²) in [6.45, 7) is 4.76. The van der Waals surface area contributed by atoms with Crippen LogP contribution in [-0.4, -0.2) is 27.7 Å². The highest BCUT2D eigenvalue weighted by atomic mass is 35.5. The van der Waals surface area contributed by atoms with Crippen LogP contribution in [0.1, 0.15) is 24.8 Å². The van der Waals surface area contributed by atoms with Crippen LogP contribution in [0.3, 0.4) is 0 Å². The van der Waals surface area contributed by atoms with Gasteiger partial charge < -0.3 is 14.7 Å². The van der Waals surface area contributed by atoms with Gasteiger partial charge in [0.2, 0.25) is 5.95 Å². The summed E-state index contributed by atoms with van der Waals surface area (Å²) in [5.41, 5.74) is 0.844. The standard InChI is InChI=1S/C18H19Cl2N3O2/c1-12(24)7-15-3-2-6-23(15)18-21-9-16(10-22-18)25-11-13-4-5-14(19)8-17(13)20/h4-5,8-10,15,24H,1-3,6-7,11H2. The van der Waals surface area contributed by atoms with E-state index >= 15 is 0 Å². The Balaban J connectivity index is 1.63. The van der Waals surface area contributed by atoms with Gasteiger partial charge >= 0.3 is 0 Å². The Kier molecular flexibility index (Phi) is 5.66. The molecule has 25 heavy (non-hydrogen) atoms. The molecule has 1 fully saturated rings. The Morgan fingerprint density at radius 1 is 1.32 bits per heavy atom. The summed E-state index contributed by atoms with van der Waals surface area (Å²) in [6, 6.07) is 5.48. The minimum absolute atomic E-state index is 0.191. The van der Waals surface area contributed by atoms with E-state index in [9.17, 15) is 5.11 Å². The molecule has 0 aliphatic carbocycles. The predicted molar refractivity (Wildman–Crippen MR) is 99.6 cm³/mol. The molecule has 1 aliphatic heterocycles. The average Bonchev–Trinajstić information content (AvgIpc) is 3.02. The molecule has 0 radical (unpaired) electrons. The monoisotopic (exact) mass is 379 g/mol. The Morgan fingerprint density at radius 3 is 2.76 bits per heavy atom. The van der Waals surface area contributed by atoms with Crippen molar-refractivity contribution in [1.82, 2.24) is 9.97 Å². The second kappa shape index (κ2) is 7.93. The molecule has 1 aromatic heterocycles. The van der Waals surface area contributed by atoms with Crippen LogP contribution in [-0.2, 0) is 6.61 Å². The summed E-state index contributed by atoms with van der Waals surface area (Å²) < 4.78 is 5.70. The van der Waals surface area contributed by atoms with E-state index in [1.807, 2.05) is 6.07 Å². The first kappa shape index (κ1) is 17.8. The number of hydrogen-bond acceptors (Lipinski definition) is 5. The van der Waals surface area contributed by atoms with E-state index in [4.69, 9.17) is 27.9 Å². The van der Waals surface area contributed by atoms with Gasteiger partial charge in [0, 0.05) is 34.6 Å². The van der Waals surface area contributed by atoms with Crippen molar-refractivity contribution in [3.05, 3.63) is 58.5 Å². The van der Waals surface area contributed by atoms with Crippen LogP contribution < -0.4 is 9.64 Å². The smallest absolute Gasteiger partial charge is 0.225 e. The summed E-state index contributed by atoms with van der Waals surface area (Å²) >= 11 is 12.0. The van der Waals surface area contributed by atoms with Crippen LogP contribution >= 0.6 is 23.2 Å². The zero-order valence-electron chi connectivity index (χ0n) is 13.7. The summed E-state index contributed by atoms with van der Waals surface area (Å²) in [5.74, 6) is 1.40. The Hall–Kier alpha value is -1.98. The molecule has 7 heteroatoms. The molecule has 3 rings (SSSR count). The molecule has 0 spiro atoms. The SMILES string of the molecule is C=C(O)CC1CCCN1c1ncc(OCc2ccc(Cl)cc2Cl)cn1. The largest absolute Gasteiger partial charge is 0.513 e. The van der Waals surface area contributed by atoms with E-state index in [-0.39, 0.29) is 11.8 Å². The number of benzene rings is 1. The maximum atomic E-state index is 9.44. The normalized spacial score (nSPS) is 16.9. The van der Waals surface area contributed by atoms with E-state index in [1.165, 1.54) is 0 Å². The fraction of sp³-hybridized carbons (Fsp3) is 0.333. The fourth-order valence-corrected chi connectivity index (χ4v) is 3.38. The van der Waals surface area contributed by atoms with Crippen molar-refractivity contribution in [1.29, 1.82) is 0 Å². The third-order valence-corrected chi connectivity index (χ3v) is 4.72. The topological polar surface area (TPSA) is 58.5 Å². The minimum atomic E-state index is 0.191. The molecular formula is C18H19Cl2N3O2. The molecule has 5 nitrogen and oxygen atoms in total. The first-order chi connectivity index (χ1) is 12.0. The molecule has 0 amide bonds. The fourth-order valence-electron chi connectivity index (χ4n) is 2.92. The van der Waals surface area contributed by atoms with Gasteiger partial charge in [-0.15, -0.1) is 0 Å². The molecule has 1 saturated heterocycles. The highest BCUT2D eigenvalue weighted by molar-refractivity contribution is 6.35. The third-order valence-electron chi connectivity index (χ3n) is 4.13. The van der Waals surface area contributed by atoms with Gasteiger partial charge in [-0.25, -0.2) is 9.97 Å². The Bertz CT molecular complexity index is 752. The average molecular weight is 380 g/mol. The number of anilines is 1. The summed E-state index contributed by atoms with van der Waals surface area (Å²) in [6.07, 6.45) is 5.88. The number of aromatic nitrogens is 2. The second-order valence-electron chi connectivity index (χ2n) is 6.00. The van der Waals surface area contributed by atoms with E-state index in [2.05, 4.69) is 21.4 Å². The van der Waals surface area contributed by atoms with Crippen LogP contribution in [0.5, 0.6) is 5.75 Å². The van der Waals surface area contributed by atoms with Gasteiger partial charge in [-0.3, -0.25) is 0 Å². The van der Waals surface area contributed by atoms with Gasteiger partial charge in [-0.2, -0.15) is 0 Å². The van der Waals surface area contributed by atoms with Crippen molar-refractivity contribution in [3.8, 4) is 5.75 Å². The van der Waals surface area contributed by atoms with Gasteiger partial charge in [0.15, 0.2) is 5.75 Å². The quantitative estimate of drug-likeness (QED) is 0.730.